The monoisotopic (exact) mass is 393 g/mol. The van der Waals surface area contributed by atoms with Crippen LogP contribution in [0.1, 0.15) is 38.1 Å². The molecule has 0 saturated carbocycles. The molecule has 0 aliphatic heterocycles. The van der Waals surface area contributed by atoms with Crippen molar-refractivity contribution in [3.05, 3.63) is 62.6 Å². The summed E-state index contributed by atoms with van der Waals surface area (Å²) in [5.41, 5.74) is 2.56. The number of rotatable bonds is 4. The average Bonchev–Trinajstić information content (AvgIpc) is 3.20. The van der Waals surface area contributed by atoms with Crippen LogP contribution < -0.4 is 11.2 Å². The summed E-state index contributed by atoms with van der Waals surface area (Å²) in [6.07, 6.45) is 2.69. The molecule has 0 spiro atoms. The minimum atomic E-state index is -0.847. The zero-order valence-electron chi connectivity index (χ0n) is 17.1. The lowest BCUT2D eigenvalue weighted by Gasteiger charge is -2.12. The maximum Gasteiger partial charge on any atom is 0.333 e. The average molecular weight is 393 g/mol. The van der Waals surface area contributed by atoms with Crippen LogP contribution in [-0.4, -0.2) is 28.9 Å². The van der Waals surface area contributed by atoms with E-state index in [1.165, 1.54) is 11.5 Å². The van der Waals surface area contributed by atoms with Gasteiger partial charge in [-0.05, 0) is 38.8 Å². The van der Waals surface area contributed by atoms with Gasteiger partial charge in [0.05, 0.1) is 11.7 Å². The Morgan fingerprint density at radius 3 is 2.55 bits per heavy atom. The Bertz CT molecular complexity index is 1400. The first-order valence-electron chi connectivity index (χ1n) is 9.58. The summed E-state index contributed by atoms with van der Waals surface area (Å²) in [5.74, 6) is 0.300. The Morgan fingerprint density at radius 2 is 1.90 bits per heavy atom. The molecular formula is C21H23N5O3. The number of hydrogen-bond acceptors (Lipinski definition) is 4. The molecule has 1 aromatic carbocycles. The SMILES string of the molecule is CCc1ccccc1-n1c(C)cn2c3c(=O)n([C@H](C)C(C)=O)c(=O)n(C)c3nc12. The second-order valence-electron chi connectivity index (χ2n) is 7.35. The van der Waals surface area contributed by atoms with Crippen molar-refractivity contribution >= 4 is 22.7 Å². The minimum absolute atomic E-state index is 0.255. The van der Waals surface area contributed by atoms with E-state index in [0.717, 1.165) is 27.9 Å². The third-order valence-electron chi connectivity index (χ3n) is 5.56. The van der Waals surface area contributed by atoms with Gasteiger partial charge in [-0.25, -0.2) is 9.36 Å². The van der Waals surface area contributed by atoms with Crippen LogP contribution in [0.5, 0.6) is 0 Å². The smallest absolute Gasteiger partial charge is 0.298 e. The number of Topliss-reactive ketones (excluding diaryl/α,β-unsaturated/α-hetero) is 1. The van der Waals surface area contributed by atoms with Gasteiger partial charge in [0.15, 0.2) is 16.9 Å². The standard InChI is InChI=1S/C21H23N5O3/c1-6-15-9-7-8-10-16(15)25-12(2)11-24-17-18(22-20(24)25)23(5)21(29)26(19(17)28)13(3)14(4)27/h7-11,13H,6H2,1-5H3/t13-/m1/s1. The van der Waals surface area contributed by atoms with Gasteiger partial charge in [-0.3, -0.25) is 23.1 Å². The number of hydrogen-bond donors (Lipinski definition) is 0. The second kappa shape index (κ2) is 6.58. The first-order valence-corrected chi connectivity index (χ1v) is 9.58. The molecule has 1 atom stereocenters. The number of nitrogens with zero attached hydrogens (tertiary/aromatic N) is 5. The van der Waals surface area contributed by atoms with E-state index in [4.69, 9.17) is 0 Å². The highest BCUT2D eigenvalue weighted by molar-refractivity contribution is 5.81. The molecule has 3 heterocycles. The largest absolute Gasteiger partial charge is 0.333 e. The normalized spacial score (nSPS) is 12.7. The third kappa shape index (κ3) is 2.59. The molecular weight excluding hydrogens is 370 g/mol. The van der Waals surface area contributed by atoms with Crippen molar-refractivity contribution in [1.29, 1.82) is 0 Å². The molecule has 8 nitrogen and oxygen atoms in total. The third-order valence-corrected chi connectivity index (χ3v) is 5.56. The Kier molecular flexibility index (Phi) is 4.29. The molecule has 0 bridgehead atoms. The van der Waals surface area contributed by atoms with Crippen molar-refractivity contribution in [2.75, 3.05) is 0 Å². The molecule has 0 aliphatic rings. The maximum atomic E-state index is 13.2. The lowest BCUT2D eigenvalue weighted by atomic mass is 10.1. The molecule has 3 aromatic heterocycles. The maximum absolute atomic E-state index is 13.2. The van der Waals surface area contributed by atoms with Crippen LogP contribution in [-0.2, 0) is 18.3 Å². The molecule has 0 radical (unpaired) electrons. The van der Waals surface area contributed by atoms with Crippen LogP contribution >= 0.6 is 0 Å². The molecule has 4 aromatic rings. The van der Waals surface area contributed by atoms with Crippen molar-refractivity contribution in [3.8, 4) is 5.69 Å². The van der Waals surface area contributed by atoms with Crippen molar-refractivity contribution in [2.45, 2.75) is 40.2 Å². The van der Waals surface area contributed by atoms with Gasteiger partial charge >= 0.3 is 5.69 Å². The highest BCUT2D eigenvalue weighted by atomic mass is 16.2. The number of carbonyl (C=O) groups is 1. The molecule has 0 amide bonds. The zero-order chi connectivity index (χ0) is 21.0. The van der Waals surface area contributed by atoms with Crippen molar-refractivity contribution in [1.82, 2.24) is 23.1 Å². The first-order chi connectivity index (χ1) is 13.8. The number of imidazole rings is 2. The van der Waals surface area contributed by atoms with Crippen LogP contribution in [0.25, 0.3) is 22.6 Å². The lowest BCUT2D eigenvalue weighted by molar-refractivity contribution is -0.119. The number of fused-ring (bicyclic) bond motifs is 3. The van der Waals surface area contributed by atoms with Crippen molar-refractivity contribution in [2.24, 2.45) is 7.05 Å². The van der Waals surface area contributed by atoms with Crippen LogP contribution in [0, 0.1) is 6.92 Å². The van der Waals surface area contributed by atoms with E-state index in [9.17, 15) is 14.4 Å². The van der Waals surface area contributed by atoms with E-state index in [1.807, 2.05) is 35.9 Å². The number of benzene rings is 1. The van der Waals surface area contributed by atoms with Gasteiger partial charge in [0, 0.05) is 18.9 Å². The van der Waals surface area contributed by atoms with E-state index in [-0.39, 0.29) is 11.3 Å². The molecule has 150 valence electrons. The molecule has 8 heteroatoms. The summed E-state index contributed by atoms with van der Waals surface area (Å²) in [6, 6.07) is 7.18. The van der Waals surface area contributed by atoms with Gasteiger partial charge < -0.3 is 0 Å². The van der Waals surface area contributed by atoms with E-state index >= 15 is 0 Å². The summed E-state index contributed by atoms with van der Waals surface area (Å²) < 4.78 is 6.03. The quantitative estimate of drug-likeness (QED) is 0.532. The Morgan fingerprint density at radius 1 is 1.21 bits per heavy atom. The topological polar surface area (TPSA) is 83.3 Å². The van der Waals surface area contributed by atoms with E-state index in [2.05, 4.69) is 18.0 Å². The van der Waals surface area contributed by atoms with Crippen LogP contribution in [0.2, 0.25) is 0 Å². The zero-order valence-corrected chi connectivity index (χ0v) is 17.1. The molecule has 4 rings (SSSR count). The Balaban J connectivity index is 2.16. The number of aryl methyl sites for hydroxylation is 3. The second-order valence-corrected chi connectivity index (χ2v) is 7.35. The fourth-order valence-corrected chi connectivity index (χ4v) is 3.83. The first kappa shape index (κ1) is 18.9. The van der Waals surface area contributed by atoms with Crippen molar-refractivity contribution in [3.63, 3.8) is 0 Å². The highest BCUT2D eigenvalue weighted by Gasteiger charge is 2.24. The van der Waals surface area contributed by atoms with Gasteiger partial charge in [0.2, 0.25) is 5.78 Å². The van der Waals surface area contributed by atoms with Gasteiger partial charge in [0.25, 0.3) is 5.56 Å². The summed E-state index contributed by atoms with van der Waals surface area (Å²) in [5, 5.41) is 0. The van der Waals surface area contributed by atoms with E-state index in [0.29, 0.717) is 11.4 Å². The summed E-state index contributed by atoms with van der Waals surface area (Å²) in [4.78, 5) is 42.5. The van der Waals surface area contributed by atoms with E-state index in [1.54, 1.807) is 18.4 Å². The van der Waals surface area contributed by atoms with Crippen LogP contribution in [0.3, 0.4) is 0 Å². The van der Waals surface area contributed by atoms with E-state index < -0.39 is 17.3 Å². The van der Waals surface area contributed by atoms with Gasteiger partial charge in [-0.15, -0.1) is 0 Å². The fourth-order valence-electron chi connectivity index (χ4n) is 3.83. The summed E-state index contributed by atoms with van der Waals surface area (Å²) >= 11 is 0. The molecule has 29 heavy (non-hydrogen) atoms. The number of carbonyl (C=O) groups excluding carboxylic acids is 1. The van der Waals surface area contributed by atoms with Gasteiger partial charge in [-0.1, -0.05) is 25.1 Å². The molecule has 0 aliphatic carbocycles. The van der Waals surface area contributed by atoms with Gasteiger partial charge in [0.1, 0.15) is 0 Å². The Hall–Kier alpha value is -3.42. The molecule has 0 N–H and O–H groups in total. The minimum Gasteiger partial charge on any atom is -0.298 e. The van der Waals surface area contributed by atoms with Crippen LogP contribution in [0.15, 0.2) is 40.1 Å². The summed E-state index contributed by atoms with van der Waals surface area (Å²) in [7, 11) is 1.57. The predicted molar refractivity (Wildman–Crippen MR) is 111 cm³/mol. The highest BCUT2D eigenvalue weighted by Crippen LogP contribution is 2.24. The van der Waals surface area contributed by atoms with Crippen LogP contribution in [0.4, 0.5) is 0 Å². The predicted octanol–water partition coefficient (Wildman–Crippen LogP) is 2.16. The molecule has 0 fully saturated rings. The molecule has 0 unspecified atom stereocenters. The molecule has 0 saturated heterocycles. The number of ketones is 1. The van der Waals surface area contributed by atoms with Gasteiger partial charge in [-0.2, -0.15) is 4.98 Å². The van der Waals surface area contributed by atoms with Crippen molar-refractivity contribution < 1.29 is 4.79 Å². The lowest BCUT2D eigenvalue weighted by Crippen LogP contribution is -2.42. The Labute approximate surface area is 166 Å². The fraction of sp³-hybridized carbons (Fsp3) is 0.333. The summed E-state index contributed by atoms with van der Waals surface area (Å²) in [6.45, 7) is 6.96. The number of para-hydroxylation sites is 1. The number of aromatic nitrogens is 5.